The summed E-state index contributed by atoms with van der Waals surface area (Å²) in [5.41, 5.74) is -0.766. The van der Waals surface area contributed by atoms with Crippen LogP contribution in [0, 0.1) is 15.5 Å². The molecule has 1 aromatic rings. The van der Waals surface area contributed by atoms with Crippen molar-refractivity contribution in [3.63, 3.8) is 0 Å². The molecule has 0 aromatic heterocycles. The van der Waals surface area contributed by atoms with E-state index in [2.05, 4.69) is 0 Å². The maximum Gasteiger partial charge on any atom is 0.309 e. The first-order valence-electron chi connectivity index (χ1n) is 5.46. The number of aliphatic carboxylic acids is 1. The van der Waals surface area contributed by atoms with Gasteiger partial charge in [0.25, 0.3) is 5.69 Å². The van der Waals surface area contributed by atoms with Gasteiger partial charge in [0, 0.05) is 16.7 Å². The molecule has 0 bridgehead atoms. The van der Waals surface area contributed by atoms with Crippen LogP contribution in [0.1, 0.15) is 25.8 Å². The van der Waals surface area contributed by atoms with Crippen LogP contribution < -0.4 is 0 Å². The summed E-state index contributed by atoms with van der Waals surface area (Å²) >= 11 is 5.71. The Morgan fingerprint density at radius 3 is 2.61 bits per heavy atom. The lowest BCUT2D eigenvalue weighted by Gasteiger charge is -2.22. The van der Waals surface area contributed by atoms with Crippen molar-refractivity contribution in [3.05, 3.63) is 38.9 Å². The van der Waals surface area contributed by atoms with Gasteiger partial charge in [-0.25, -0.2) is 0 Å². The normalized spacial score (nSPS) is 13.9. The molecule has 1 rings (SSSR count). The molecule has 5 nitrogen and oxygen atoms in total. The van der Waals surface area contributed by atoms with Crippen molar-refractivity contribution in [2.45, 2.75) is 26.7 Å². The van der Waals surface area contributed by atoms with Crippen molar-refractivity contribution in [3.8, 4) is 0 Å². The molecule has 6 heteroatoms. The molecule has 0 saturated heterocycles. The van der Waals surface area contributed by atoms with E-state index < -0.39 is 16.3 Å². The van der Waals surface area contributed by atoms with Gasteiger partial charge in [-0.3, -0.25) is 14.9 Å². The van der Waals surface area contributed by atoms with Gasteiger partial charge in [0.2, 0.25) is 0 Å². The van der Waals surface area contributed by atoms with Gasteiger partial charge in [-0.1, -0.05) is 24.6 Å². The fourth-order valence-electron chi connectivity index (χ4n) is 1.63. The molecule has 0 heterocycles. The number of hydrogen-bond donors (Lipinski definition) is 1. The van der Waals surface area contributed by atoms with Crippen molar-refractivity contribution >= 4 is 23.3 Å². The van der Waals surface area contributed by atoms with Crippen LogP contribution in [0.5, 0.6) is 0 Å². The first-order chi connectivity index (χ1) is 8.30. The predicted octanol–water partition coefficient (Wildman–Crippen LogP) is 3.29. The van der Waals surface area contributed by atoms with Crippen molar-refractivity contribution in [2.24, 2.45) is 5.41 Å². The fourth-order valence-corrected chi connectivity index (χ4v) is 1.79. The zero-order valence-corrected chi connectivity index (χ0v) is 10.9. The molecule has 18 heavy (non-hydrogen) atoms. The summed E-state index contributed by atoms with van der Waals surface area (Å²) in [5.74, 6) is -0.964. The Bertz CT molecular complexity index is 489. The molecule has 0 radical (unpaired) electrons. The minimum Gasteiger partial charge on any atom is -0.481 e. The molecule has 98 valence electrons. The molecular formula is C12H14ClNO4. The molecule has 0 aliphatic heterocycles. The molecule has 0 fully saturated rings. The molecular weight excluding hydrogens is 258 g/mol. The summed E-state index contributed by atoms with van der Waals surface area (Å²) in [6.45, 7) is 3.32. The number of nitrogens with zero attached hydrogens (tertiary/aromatic N) is 1. The molecule has 1 N–H and O–H groups in total. The average molecular weight is 272 g/mol. The smallest absolute Gasteiger partial charge is 0.309 e. The highest BCUT2D eigenvalue weighted by Gasteiger charge is 2.33. The summed E-state index contributed by atoms with van der Waals surface area (Å²) in [7, 11) is 0. The molecule has 0 aliphatic carbocycles. The Balaban J connectivity index is 3.18. The van der Waals surface area contributed by atoms with Crippen LogP contribution in [-0.2, 0) is 11.2 Å². The molecule has 0 spiro atoms. The van der Waals surface area contributed by atoms with Crippen molar-refractivity contribution < 1.29 is 14.8 Å². The highest BCUT2D eigenvalue weighted by atomic mass is 35.5. The Hall–Kier alpha value is -1.62. The van der Waals surface area contributed by atoms with Crippen LogP contribution in [0.2, 0.25) is 5.02 Å². The molecule has 0 aliphatic rings. The second kappa shape index (κ2) is 5.35. The third-order valence-corrected chi connectivity index (χ3v) is 3.36. The van der Waals surface area contributed by atoms with Gasteiger partial charge in [-0.05, 0) is 25.8 Å². The number of nitro groups is 1. The van der Waals surface area contributed by atoms with Gasteiger partial charge < -0.3 is 5.11 Å². The first-order valence-corrected chi connectivity index (χ1v) is 5.84. The van der Waals surface area contributed by atoms with Crippen LogP contribution in [0.15, 0.2) is 18.2 Å². The van der Waals surface area contributed by atoms with E-state index in [0.29, 0.717) is 12.0 Å². The van der Waals surface area contributed by atoms with E-state index in [0.717, 1.165) is 0 Å². The van der Waals surface area contributed by atoms with E-state index >= 15 is 0 Å². The quantitative estimate of drug-likeness (QED) is 0.658. The summed E-state index contributed by atoms with van der Waals surface area (Å²) in [4.78, 5) is 21.6. The summed E-state index contributed by atoms with van der Waals surface area (Å²) in [6.07, 6.45) is 0.494. The maximum absolute atomic E-state index is 11.2. The van der Waals surface area contributed by atoms with Crippen LogP contribution >= 0.6 is 11.6 Å². The highest BCUT2D eigenvalue weighted by Crippen LogP contribution is 2.32. The third-order valence-electron chi connectivity index (χ3n) is 3.12. The Morgan fingerprint density at radius 2 is 2.17 bits per heavy atom. The number of hydrogen-bond acceptors (Lipinski definition) is 3. The first kappa shape index (κ1) is 14.4. The topological polar surface area (TPSA) is 80.4 Å². The number of rotatable bonds is 5. The second-order valence-electron chi connectivity index (χ2n) is 4.43. The third kappa shape index (κ3) is 2.98. The van der Waals surface area contributed by atoms with Crippen molar-refractivity contribution in [1.82, 2.24) is 0 Å². The molecule has 1 unspecified atom stereocenters. The number of benzene rings is 1. The van der Waals surface area contributed by atoms with Crippen LogP contribution in [0.4, 0.5) is 5.69 Å². The minimum absolute atomic E-state index is 0.103. The number of halogens is 1. The Kier molecular flexibility index (Phi) is 4.29. The van der Waals surface area contributed by atoms with Gasteiger partial charge in [0.15, 0.2) is 0 Å². The molecule has 1 atom stereocenters. The summed E-state index contributed by atoms with van der Waals surface area (Å²) in [5, 5.41) is 20.4. The molecule has 1 aromatic carbocycles. The zero-order chi connectivity index (χ0) is 13.9. The maximum atomic E-state index is 11.2. The zero-order valence-electron chi connectivity index (χ0n) is 10.1. The summed E-state index contributed by atoms with van der Waals surface area (Å²) < 4.78 is 0. The largest absolute Gasteiger partial charge is 0.481 e. The number of carboxylic acids is 1. The Morgan fingerprint density at radius 1 is 1.56 bits per heavy atom. The van der Waals surface area contributed by atoms with E-state index in [9.17, 15) is 20.0 Å². The van der Waals surface area contributed by atoms with Gasteiger partial charge in [-0.2, -0.15) is 0 Å². The lowest BCUT2D eigenvalue weighted by molar-refractivity contribution is -0.385. The Labute approximate surface area is 110 Å². The van der Waals surface area contributed by atoms with E-state index in [1.54, 1.807) is 13.8 Å². The lowest BCUT2D eigenvalue weighted by Crippen LogP contribution is -2.29. The van der Waals surface area contributed by atoms with Gasteiger partial charge in [-0.15, -0.1) is 0 Å². The van der Waals surface area contributed by atoms with E-state index in [-0.39, 0.29) is 17.1 Å². The highest BCUT2D eigenvalue weighted by molar-refractivity contribution is 6.30. The van der Waals surface area contributed by atoms with E-state index in [1.807, 2.05) is 0 Å². The second-order valence-corrected chi connectivity index (χ2v) is 4.86. The van der Waals surface area contributed by atoms with Crippen LogP contribution in [0.25, 0.3) is 0 Å². The van der Waals surface area contributed by atoms with Crippen molar-refractivity contribution in [2.75, 3.05) is 0 Å². The SMILES string of the molecule is CCC(C)(Cc1ccc(Cl)cc1[N+](=O)[O-])C(=O)O. The van der Waals surface area contributed by atoms with Crippen molar-refractivity contribution in [1.29, 1.82) is 0 Å². The number of carbonyl (C=O) groups is 1. The van der Waals surface area contributed by atoms with Gasteiger partial charge in [0.1, 0.15) is 0 Å². The monoisotopic (exact) mass is 271 g/mol. The minimum atomic E-state index is -1.02. The number of carboxylic acid groups (broad SMARTS) is 1. The molecule has 0 saturated carbocycles. The van der Waals surface area contributed by atoms with Crippen LogP contribution in [-0.4, -0.2) is 16.0 Å². The van der Waals surface area contributed by atoms with E-state index in [1.165, 1.54) is 18.2 Å². The summed E-state index contributed by atoms with van der Waals surface area (Å²) in [6, 6.07) is 4.29. The van der Waals surface area contributed by atoms with Crippen LogP contribution in [0.3, 0.4) is 0 Å². The molecule has 0 amide bonds. The standard InChI is InChI=1S/C12H14ClNO4/c1-3-12(2,11(15)16)7-8-4-5-9(13)6-10(8)14(17)18/h4-6H,3,7H2,1-2H3,(H,15,16). The number of nitro benzene ring substituents is 1. The van der Waals surface area contributed by atoms with E-state index in [4.69, 9.17) is 11.6 Å². The lowest BCUT2D eigenvalue weighted by atomic mass is 9.81. The van der Waals surface area contributed by atoms with Gasteiger partial charge in [0.05, 0.1) is 10.3 Å². The predicted molar refractivity (Wildman–Crippen MR) is 67.8 cm³/mol. The fraction of sp³-hybridized carbons (Fsp3) is 0.417. The average Bonchev–Trinajstić information content (AvgIpc) is 2.30. The van der Waals surface area contributed by atoms with Gasteiger partial charge >= 0.3 is 5.97 Å².